The van der Waals surface area contributed by atoms with Gasteiger partial charge in [-0.25, -0.2) is 4.98 Å². The molecule has 6 nitrogen and oxygen atoms in total. The molecule has 24 heavy (non-hydrogen) atoms. The van der Waals surface area contributed by atoms with Crippen molar-refractivity contribution in [2.24, 2.45) is 11.8 Å². The molecule has 7 heteroatoms. The number of nitrogens with zero attached hydrogens (tertiary/aromatic N) is 4. The van der Waals surface area contributed by atoms with Gasteiger partial charge in [0.2, 0.25) is 5.13 Å². The largest absolute Gasteiger partial charge is 0.356 e. The molecule has 1 fully saturated rings. The maximum absolute atomic E-state index is 12.1. The molecule has 0 radical (unpaired) electrons. The third kappa shape index (κ3) is 3.72. The van der Waals surface area contributed by atoms with Crippen molar-refractivity contribution in [1.82, 2.24) is 15.2 Å². The molecule has 0 spiro atoms. The van der Waals surface area contributed by atoms with E-state index < -0.39 is 0 Å². The zero-order chi connectivity index (χ0) is 16.9. The number of hydrogen-bond acceptors (Lipinski definition) is 6. The Balaban J connectivity index is 1.61. The third-order valence-corrected chi connectivity index (χ3v) is 5.46. The lowest BCUT2D eigenvalue weighted by Crippen LogP contribution is -2.23. The van der Waals surface area contributed by atoms with E-state index in [1.54, 1.807) is 11.7 Å². The second-order valence-electron chi connectivity index (χ2n) is 6.17. The van der Waals surface area contributed by atoms with E-state index in [4.69, 9.17) is 0 Å². The minimum absolute atomic E-state index is 0.206. The first-order valence-electron chi connectivity index (χ1n) is 8.49. The van der Waals surface area contributed by atoms with Gasteiger partial charge in [-0.1, -0.05) is 38.0 Å². The summed E-state index contributed by atoms with van der Waals surface area (Å²) in [4.78, 5) is 19.0. The quantitative estimate of drug-likeness (QED) is 0.868. The van der Waals surface area contributed by atoms with Crippen LogP contribution in [0, 0.1) is 11.8 Å². The van der Waals surface area contributed by atoms with Crippen molar-refractivity contribution in [2.45, 2.75) is 33.1 Å². The van der Waals surface area contributed by atoms with E-state index in [0.717, 1.165) is 30.7 Å². The first-order valence-corrected chi connectivity index (χ1v) is 9.37. The molecule has 0 bridgehead atoms. The van der Waals surface area contributed by atoms with Gasteiger partial charge in [0.05, 0.1) is 5.56 Å². The number of aromatic nitrogens is 3. The van der Waals surface area contributed by atoms with Gasteiger partial charge in [-0.15, -0.1) is 10.2 Å². The molecule has 1 unspecified atom stereocenters. The summed E-state index contributed by atoms with van der Waals surface area (Å²) >= 11 is 1.29. The summed E-state index contributed by atoms with van der Waals surface area (Å²) in [7, 11) is 0. The minimum atomic E-state index is -0.206. The summed E-state index contributed by atoms with van der Waals surface area (Å²) in [6.45, 7) is 6.67. The molecule has 1 amide bonds. The predicted octanol–water partition coefficient (Wildman–Crippen LogP) is 3.45. The standard InChI is InChI=1S/C17H23N5OS/c1-3-12(4-2)14-7-8-22(10-14)15-6-5-13(9-18-15)16(23)20-17-21-19-11-24-17/h5-6,9,11-12,14H,3-4,7-8,10H2,1-2H3,(H,20,21,23). The summed E-state index contributed by atoms with van der Waals surface area (Å²) in [5.41, 5.74) is 2.12. The van der Waals surface area contributed by atoms with Crippen molar-refractivity contribution >= 4 is 28.2 Å². The Labute approximate surface area is 146 Å². The normalized spacial score (nSPS) is 17.5. The lowest BCUT2D eigenvalue weighted by atomic mass is 9.87. The molecular weight excluding hydrogens is 322 g/mol. The van der Waals surface area contributed by atoms with E-state index in [9.17, 15) is 4.79 Å². The van der Waals surface area contributed by atoms with Crippen LogP contribution in [0.4, 0.5) is 10.9 Å². The zero-order valence-electron chi connectivity index (χ0n) is 14.1. The number of amides is 1. The highest BCUT2D eigenvalue weighted by molar-refractivity contribution is 7.13. The van der Waals surface area contributed by atoms with Crippen LogP contribution in [0.25, 0.3) is 0 Å². The van der Waals surface area contributed by atoms with Crippen LogP contribution in [0.1, 0.15) is 43.5 Å². The molecule has 3 heterocycles. The molecule has 2 aromatic heterocycles. The smallest absolute Gasteiger partial charge is 0.259 e. The van der Waals surface area contributed by atoms with E-state index in [-0.39, 0.29) is 5.91 Å². The van der Waals surface area contributed by atoms with Gasteiger partial charge in [-0.3, -0.25) is 10.1 Å². The van der Waals surface area contributed by atoms with Crippen LogP contribution in [0.2, 0.25) is 0 Å². The Morgan fingerprint density at radius 3 is 2.88 bits per heavy atom. The van der Waals surface area contributed by atoms with E-state index in [0.29, 0.717) is 10.7 Å². The molecular formula is C17H23N5OS. The number of rotatable bonds is 6. The van der Waals surface area contributed by atoms with Crippen molar-refractivity contribution < 1.29 is 4.79 Å². The van der Waals surface area contributed by atoms with Gasteiger partial charge in [-0.05, 0) is 30.4 Å². The van der Waals surface area contributed by atoms with Gasteiger partial charge < -0.3 is 4.90 Å². The average molecular weight is 345 g/mol. The fraction of sp³-hybridized carbons (Fsp3) is 0.529. The Morgan fingerprint density at radius 1 is 1.42 bits per heavy atom. The van der Waals surface area contributed by atoms with E-state index in [1.165, 1.54) is 30.6 Å². The van der Waals surface area contributed by atoms with Crippen LogP contribution in [0.15, 0.2) is 23.8 Å². The van der Waals surface area contributed by atoms with Crippen LogP contribution >= 0.6 is 11.3 Å². The van der Waals surface area contributed by atoms with Crippen molar-refractivity contribution in [2.75, 3.05) is 23.3 Å². The van der Waals surface area contributed by atoms with Gasteiger partial charge in [0, 0.05) is 19.3 Å². The number of carbonyl (C=O) groups is 1. The Morgan fingerprint density at radius 2 is 2.25 bits per heavy atom. The average Bonchev–Trinajstić information content (AvgIpc) is 3.28. The monoisotopic (exact) mass is 345 g/mol. The Hall–Kier alpha value is -2.02. The molecule has 128 valence electrons. The Bertz CT molecular complexity index is 654. The second kappa shape index (κ2) is 7.70. The lowest BCUT2D eigenvalue weighted by molar-refractivity contribution is 0.102. The highest BCUT2D eigenvalue weighted by Gasteiger charge is 2.28. The van der Waals surface area contributed by atoms with Gasteiger partial charge in [0.25, 0.3) is 5.91 Å². The fourth-order valence-electron chi connectivity index (χ4n) is 3.44. The summed E-state index contributed by atoms with van der Waals surface area (Å²) in [5, 5.41) is 10.7. The van der Waals surface area contributed by atoms with Crippen molar-refractivity contribution in [3.8, 4) is 0 Å². The fourth-order valence-corrected chi connectivity index (χ4v) is 3.88. The molecule has 0 aromatic carbocycles. The number of nitrogens with one attached hydrogen (secondary N) is 1. The van der Waals surface area contributed by atoms with Gasteiger partial charge in [0.15, 0.2) is 0 Å². The topological polar surface area (TPSA) is 71.0 Å². The highest BCUT2D eigenvalue weighted by Crippen LogP contribution is 2.30. The molecule has 0 aliphatic carbocycles. The highest BCUT2D eigenvalue weighted by atomic mass is 32.1. The van der Waals surface area contributed by atoms with Crippen molar-refractivity contribution in [1.29, 1.82) is 0 Å². The predicted molar refractivity (Wildman–Crippen MR) is 96.5 cm³/mol. The summed E-state index contributed by atoms with van der Waals surface area (Å²) in [5.74, 6) is 2.30. The SMILES string of the molecule is CCC(CC)C1CCN(c2ccc(C(=O)Nc3nncs3)cn2)C1. The van der Waals surface area contributed by atoms with E-state index in [1.807, 2.05) is 12.1 Å². The van der Waals surface area contributed by atoms with Crippen LogP contribution in [-0.2, 0) is 0 Å². The zero-order valence-corrected chi connectivity index (χ0v) is 14.9. The number of carbonyl (C=O) groups excluding carboxylic acids is 1. The van der Waals surface area contributed by atoms with Gasteiger partial charge in [0.1, 0.15) is 11.3 Å². The molecule has 1 aliphatic rings. The molecule has 2 aromatic rings. The van der Waals surface area contributed by atoms with Crippen LogP contribution in [0.5, 0.6) is 0 Å². The van der Waals surface area contributed by atoms with E-state index >= 15 is 0 Å². The summed E-state index contributed by atoms with van der Waals surface area (Å²) in [6, 6.07) is 3.76. The molecule has 1 saturated heterocycles. The molecule has 1 aliphatic heterocycles. The van der Waals surface area contributed by atoms with Crippen LogP contribution in [-0.4, -0.2) is 34.2 Å². The lowest BCUT2D eigenvalue weighted by Gasteiger charge is -2.22. The summed E-state index contributed by atoms with van der Waals surface area (Å²) < 4.78 is 0. The minimum Gasteiger partial charge on any atom is -0.356 e. The number of pyridine rings is 1. The maximum Gasteiger partial charge on any atom is 0.259 e. The molecule has 1 atom stereocenters. The molecule has 3 rings (SSSR count). The van der Waals surface area contributed by atoms with Crippen LogP contribution < -0.4 is 10.2 Å². The first-order chi connectivity index (χ1) is 11.7. The second-order valence-corrected chi connectivity index (χ2v) is 7.01. The molecule has 0 saturated carbocycles. The van der Waals surface area contributed by atoms with Crippen LogP contribution in [0.3, 0.4) is 0 Å². The Kier molecular flexibility index (Phi) is 5.40. The first kappa shape index (κ1) is 16.8. The third-order valence-electron chi connectivity index (χ3n) is 4.85. The molecule has 1 N–H and O–H groups in total. The van der Waals surface area contributed by atoms with E-state index in [2.05, 4.69) is 39.2 Å². The number of hydrogen-bond donors (Lipinski definition) is 1. The van der Waals surface area contributed by atoms with Crippen molar-refractivity contribution in [3.05, 3.63) is 29.4 Å². The van der Waals surface area contributed by atoms with Gasteiger partial charge in [-0.2, -0.15) is 0 Å². The maximum atomic E-state index is 12.1. The van der Waals surface area contributed by atoms with Gasteiger partial charge >= 0.3 is 0 Å². The number of anilines is 2. The van der Waals surface area contributed by atoms with Crippen molar-refractivity contribution in [3.63, 3.8) is 0 Å². The summed E-state index contributed by atoms with van der Waals surface area (Å²) in [6.07, 6.45) is 5.35.